The van der Waals surface area contributed by atoms with E-state index in [0.717, 1.165) is 16.0 Å². The molecule has 0 N–H and O–H groups in total. The number of aromatic nitrogens is 1. The molecule has 0 bridgehead atoms. The number of nitrogens with zero attached hydrogens (tertiary/aromatic N) is 1. The lowest BCUT2D eigenvalue weighted by atomic mass is 10.3. The first-order valence-electron chi connectivity index (χ1n) is 3.66. The molecule has 2 nitrogen and oxygen atoms in total. The molecule has 2 rings (SSSR count). The molecular formula is C8H4ClF2NOS. The summed E-state index contributed by atoms with van der Waals surface area (Å²) < 4.78 is 28.6. The molecule has 74 valence electrons. The summed E-state index contributed by atoms with van der Waals surface area (Å²) in [6, 6.07) is 4.97. The number of hydrogen-bond acceptors (Lipinski definition) is 3. The molecule has 0 saturated heterocycles. The molecule has 0 saturated carbocycles. The van der Waals surface area contributed by atoms with E-state index >= 15 is 0 Å². The summed E-state index contributed by atoms with van der Waals surface area (Å²) in [5, 5.41) is 0.502. The Hall–Kier alpha value is -0.940. The first-order valence-corrected chi connectivity index (χ1v) is 4.85. The standard InChI is InChI=1S/C8H4ClF2NOS/c9-4-1-2-5-6(3-4)14-8(12-5)13-7(10)11/h1-3,7H. The number of halogens is 3. The number of benzene rings is 1. The van der Waals surface area contributed by atoms with Crippen LogP contribution in [0.4, 0.5) is 8.78 Å². The summed E-state index contributed by atoms with van der Waals surface area (Å²) in [6.45, 7) is -2.84. The lowest BCUT2D eigenvalue weighted by molar-refractivity contribution is -0.0497. The third-order valence-corrected chi connectivity index (χ3v) is 2.66. The fourth-order valence-electron chi connectivity index (χ4n) is 1.00. The van der Waals surface area contributed by atoms with E-state index < -0.39 is 6.61 Å². The van der Waals surface area contributed by atoms with Crippen molar-refractivity contribution in [2.24, 2.45) is 0 Å². The number of ether oxygens (including phenoxy) is 1. The molecule has 1 aromatic heterocycles. The second-order valence-electron chi connectivity index (χ2n) is 2.47. The Balaban J connectivity index is 2.41. The molecule has 0 fully saturated rings. The van der Waals surface area contributed by atoms with E-state index in [2.05, 4.69) is 9.72 Å². The highest BCUT2D eigenvalue weighted by molar-refractivity contribution is 7.20. The summed E-state index contributed by atoms with van der Waals surface area (Å²) in [5.41, 5.74) is 0.607. The Morgan fingerprint density at radius 1 is 1.43 bits per heavy atom. The fraction of sp³-hybridized carbons (Fsp3) is 0.125. The van der Waals surface area contributed by atoms with Crippen molar-refractivity contribution in [1.29, 1.82) is 0 Å². The largest absolute Gasteiger partial charge is 0.408 e. The summed E-state index contributed by atoms with van der Waals surface area (Å²) in [6.07, 6.45) is 0. The molecule has 0 aliphatic heterocycles. The highest BCUT2D eigenvalue weighted by Gasteiger charge is 2.09. The molecule has 0 atom stereocenters. The van der Waals surface area contributed by atoms with Crippen LogP contribution in [0.15, 0.2) is 18.2 Å². The number of thiazole rings is 1. The Morgan fingerprint density at radius 3 is 2.93 bits per heavy atom. The van der Waals surface area contributed by atoms with Gasteiger partial charge in [-0.1, -0.05) is 22.9 Å². The minimum absolute atomic E-state index is 0.0442. The first kappa shape index (κ1) is 9.61. The van der Waals surface area contributed by atoms with Crippen LogP contribution in [0.3, 0.4) is 0 Å². The van der Waals surface area contributed by atoms with Gasteiger partial charge in [-0.2, -0.15) is 8.78 Å². The van der Waals surface area contributed by atoms with Gasteiger partial charge in [0.1, 0.15) is 0 Å². The van der Waals surface area contributed by atoms with Gasteiger partial charge in [0.15, 0.2) is 0 Å². The normalized spacial score (nSPS) is 11.1. The van der Waals surface area contributed by atoms with E-state index in [-0.39, 0.29) is 5.19 Å². The van der Waals surface area contributed by atoms with Gasteiger partial charge in [-0.05, 0) is 18.2 Å². The Bertz CT molecular complexity index is 460. The van der Waals surface area contributed by atoms with E-state index in [1.54, 1.807) is 18.2 Å². The zero-order valence-electron chi connectivity index (χ0n) is 6.71. The Kier molecular flexibility index (Phi) is 2.52. The lowest BCUT2D eigenvalue weighted by Crippen LogP contribution is -2.00. The zero-order chi connectivity index (χ0) is 10.1. The van der Waals surface area contributed by atoms with Gasteiger partial charge in [0.05, 0.1) is 10.2 Å². The van der Waals surface area contributed by atoms with Gasteiger partial charge in [0, 0.05) is 5.02 Å². The predicted molar refractivity (Wildman–Crippen MR) is 51.3 cm³/mol. The fourth-order valence-corrected chi connectivity index (χ4v) is 2.10. The summed E-state index contributed by atoms with van der Waals surface area (Å²) in [4.78, 5) is 3.85. The van der Waals surface area contributed by atoms with Crippen LogP contribution in [0.5, 0.6) is 5.19 Å². The molecule has 0 aliphatic rings. The topological polar surface area (TPSA) is 22.1 Å². The number of fused-ring (bicyclic) bond motifs is 1. The monoisotopic (exact) mass is 235 g/mol. The van der Waals surface area contributed by atoms with Crippen molar-refractivity contribution in [3.63, 3.8) is 0 Å². The second-order valence-corrected chi connectivity index (χ2v) is 3.90. The minimum atomic E-state index is -2.84. The number of alkyl halides is 2. The third-order valence-electron chi connectivity index (χ3n) is 1.52. The van der Waals surface area contributed by atoms with Crippen LogP contribution in [0.1, 0.15) is 0 Å². The highest BCUT2D eigenvalue weighted by Crippen LogP contribution is 2.30. The van der Waals surface area contributed by atoms with E-state index in [4.69, 9.17) is 11.6 Å². The van der Waals surface area contributed by atoms with Gasteiger partial charge in [-0.15, -0.1) is 0 Å². The molecule has 0 aliphatic carbocycles. The van der Waals surface area contributed by atoms with Gasteiger partial charge < -0.3 is 4.74 Å². The van der Waals surface area contributed by atoms with Crippen molar-refractivity contribution >= 4 is 33.2 Å². The van der Waals surface area contributed by atoms with E-state index in [9.17, 15) is 8.78 Å². The van der Waals surface area contributed by atoms with E-state index in [1.807, 2.05) is 0 Å². The SMILES string of the molecule is FC(F)Oc1nc2ccc(Cl)cc2s1. The van der Waals surface area contributed by atoms with Crippen molar-refractivity contribution in [3.05, 3.63) is 23.2 Å². The van der Waals surface area contributed by atoms with Crippen LogP contribution >= 0.6 is 22.9 Å². The maximum absolute atomic E-state index is 11.8. The molecule has 1 heterocycles. The number of rotatable bonds is 2. The van der Waals surface area contributed by atoms with Gasteiger partial charge >= 0.3 is 6.61 Å². The summed E-state index contributed by atoms with van der Waals surface area (Å²) in [5.74, 6) is 0. The van der Waals surface area contributed by atoms with Crippen LogP contribution in [0.25, 0.3) is 10.2 Å². The van der Waals surface area contributed by atoms with Crippen LogP contribution in [-0.4, -0.2) is 11.6 Å². The van der Waals surface area contributed by atoms with Crippen molar-refractivity contribution < 1.29 is 13.5 Å². The van der Waals surface area contributed by atoms with Gasteiger partial charge in [0.25, 0.3) is 5.19 Å². The van der Waals surface area contributed by atoms with Crippen LogP contribution < -0.4 is 4.74 Å². The smallest absolute Gasteiger partial charge is 0.389 e. The van der Waals surface area contributed by atoms with Crippen molar-refractivity contribution in [1.82, 2.24) is 4.98 Å². The van der Waals surface area contributed by atoms with Crippen LogP contribution in [0.2, 0.25) is 5.02 Å². The van der Waals surface area contributed by atoms with E-state index in [1.165, 1.54) is 0 Å². The summed E-state index contributed by atoms with van der Waals surface area (Å²) in [7, 11) is 0. The second kappa shape index (κ2) is 3.67. The minimum Gasteiger partial charge on any atom is -0.408 e. The molecule has 0 unspecified atom stereocenters. The molecule has 14 heavy (non-hydrogen) atoms. The molecule has 6 heteroatoms. The molecular weight excluding hydrogens is 232 g/mol. The first-order chi connectivity index (χ1) is 6.65. The third kappa shape index (κ3) is 1.93. The molecule has 0 radical (unpaired) electrons. The molecule has 0 spiro atoms. The molecule has 1 aromatic carbocycles. The highest BCUT2D eigenvalue weighted by atomic mass is 35.5. The number of hydrogen-bond donors (Lipinski definition) is 0. The van der Waals surface area contributed by atoms with Crippen LogP contribution in [-0.2, 0) is 0 Å². The average Bonchev–Trinajstić information content (AvgIpc) is 2.44. The summed E-state index contributed by atoms with van der Waals surface area (Å²) >= 11 is 6.77. The van der Waals surface area contributed by atoms with Gasteiger partial charge in [-0.25, -0.2) is 4.98 Å². The zero-order valence-corrected chi connectivity index (χ0v) is 8.28. The lowest BCUT2D eigenvalue weighted by Gasteiger charge is -1.95. The maximum Gasteiger partial charge on any atom is 0.389 e. The van der Waals surface area contributed by atoms with Crippen molar-refractivity contribution in [2.45, 2.75) is 6.61 Å². The predicted octanol–water partition coefficient (Wildman–Crippen LogP) is 3.55. The van der Waals surface area contributed by atoms with E-state index in [0.29, 0.717) is 10.5 Å². The Morgan fingerprint density at radius 2 is 2.21 bits per heavy atom. The van der Waals surface area contributed by atoms with Crippen molar-refractivity contribution in [2.75, 3.05) is 0 Å². The van der Waals surface area contributed by atoms with Gasteiger partial charge in [-0.3, -0.25) is 0 Å². The Labute approximate surface area is 87.1 Å². The van der Waals surface area contributed by atoms with Crippen LogP contribution in [0, 0.1) is 0 Å². The maximum atomic E-state index is 11.8. The molecule has 0 amide bonds. The van der Waals surface area contributed by atoms with Gasteiger partial charge in [0.2, 0.25) is 0 Å². The quantitative estimate of drug-likeness (QED) is 0.794. The molecule has 2 aromatic rings. The average molecular weight is 236 g/mol. The van der Waals surface area contributed by atoms with Crippen molar-refractivity contribution in [3.8, 4) is 5.19 Å².